The van der Waals surface area contributed by atoms with Gasteiger partial charge in [-0.05, 0) is 63.3 Å². The first kappa shape index (κ1) is 14.1. The second-order valence-corrected chi connectivity index (χ2v) is 7.30. The highest BCUT2D eigenvalue weighted by molar-refractivity contribution is 9.11. The zero-order valence-corrected chi connectivity index (χ0v) is 13.4. The van der Waals surface area contributed by atoms with Gasteiger partial charge in [0.1, 0.15) is 5.75 Å². The fraction of sp³-hybridized carbons (Fsp3) is 0.333. The van der Waals surface area contributed by atoms with Gasteiger partial charge < -0.3 is 4.74 Å². The SMILES string of the molecule is NNC(CC1CCOc2ccccc21)c1csc(Br)c1. The Labute approximate surface area is 131 Å². The number of rotatable bonds is 4. The summed E-state index contributed by atoms with van der Waals surface area (Å²) in [5, 5.41) is 2.15. The highest BCUT2D eigenvalue weighted by atomic mass is 79.9. The highest BCUT2D eigenvalue weighted by Gasteiger charge is 2.25. The summed E-state index contributed by atoms with van der Waals surface area (Å²) in [6.07, 6.45) is 2.03. The van der Waals surface area contributed by atoms with E-state index in [1.54, 1.807) is 11.3 Å². The van der Waals surface area contributed by atoms with Gasteiger partial charge in [-0.2, -0.15) is 0 Å². The maximum atomic E-state index is 5.76. The molecule has 2 heterocycles. The minimum Gasteiger partial charge on any atom is -0.493 e. The van der Waals surface area contributed by atoms with Gasteiger partial charge in [-0.3, -0.25) is 11.3 Å². The molecule has 3 N–H and O–H groups in total. The minimum absolute atomic E-state index is 0.175. The lowest BCUT2D eigenvalue weighted by atomic mass is 9.86. The smallest absolute Gasteiger partial charge is 0.122 e. The fourth-order valence-corrected chi connectivity index (χ4v) is 3.98. The molecule has 106 valence electrons. The van der Waals surface area contributed by atoms with Crippen LogP contribution in [0.15, 0.2) is 39.5 Å². The fourth-order valence-electron chi connectivity index (χ4n) is 2.75. The maximum Gasteiger partial charge on any atom is 0.122 e. The van der Waals surface area contributed by atoms with Gasteiger partial charge in [0.05, 0.1) is 10.4 Å². The summed E-state index contributed by atoms with van der Waals surface area (Å²) in [4.78, 5) is 0. The molecule has 1 aliphatic heterocycles. The van der Waals surface area contributed by atoms with Crippen molar-refractivity contribution in [2.45, 2.75) is 24.8 Å². The number of hydrazine groups is 1. The van der Waals surface area contributed by atoms with Gasteiger partial charge in [-0.1, -0.05) is 18.2 Å². The van der Waals surface area contributed by atoms with Crippen molar-refractivity contribution in [3.8, 4) is 5.75 Å². The Kier molecular flexibility index (Phi) is 4.41. The lowest BCUT2D eigenvalue weighted by Gasteiger charge is -2.28. The van der Waals surface area contributed by atoms with Crippen LogP contribution in [0.4, 0.5) is 0 Å². The number of nitrogens with two attached hydrogens (primary N) is 1. The molecule has 0 saturated heterocycles. The van der Waals surface area contributed by atoms with Crippen molar-refractivity contribution in [3.63, 3.8) is 0 Å². The molecule has 0 bridgehead atoms. The summed E-state index contributed by atoms with van der Waals surface area (Å²) in [6, 6.07) is 10.6. The largest absolute Gasteiger partial charge is 0.493 e. The quantitative estimate of drug-likeness (QED) is 0.646. The number of nitrogens with one attached hydrogen (secondary N) is 1. The Morgan fingerprint density at radius 2 is 2.30 bits per heavy atom. The van der Waals surface area contributed by atoms with Crippen molar-refractivity contribution in [1.82, 2.24) is 5.43 Å². The molecule has 0 spiro atoms. The van der Waals surface area contributed by atoms with Crippen LogP contribution in [0.25, 0.3) is 0 Å². The molecule has 0 amide bonds. The van der Waals surface area contributed by atoms with Crippen molar-refractivity contribution in [2.75, 3.05) is 6.61 Å². The van der Waals surface area contributed by atoms with Crippen molar-refractivity contribution in [3.05, 3.63) is 50.6 Å². The van der Waals surface area contributed by atoms with Crippen LogP contribution in [0.1, 0.15) is 35.9 Å². The van der Waals surface area contributed by atoms with Crippen LogP contribution < -0.4 is 16.0 Å². The second kappa shape index (κ2) is 6.26. The third kappa shape index (κ3) is 2.91. The predicted octanol–water partition coefficient (Wildman–Crippen LogP) is 3.97. The van der Waals surface area contributed by atoms with Crippen LogP contribution in [0, 0.1) is 0 Å². The van der Waals surface area contributed by atoms with Crippen LogP contribution in [-0.4, -0.2) is 6.61 Å². The van der Waals surface area contributed by atoms with E-state index in [0.717, 1.165) is 29.0 Å². The van der Waals surface area contributed by atoms with Crippen LogP contribution in [0.3, 0.4) is 0 Å². The Bertz CT molecular complexity index is 587. The molecule has 2 aromatic rings. The molecule has 2 unspecified atom stereocenters. The van der Waals surface area contributed by atoms with Crippen molar-refractivity contribution in [2.24, 2.45) is 5.84 Å². The number of benzene rings is 1. The number of thiophene rings is 1. The van der Waals surface area contributed by atoms with E-state index >= 15 is 0 Å². The first-order chi connectivity index (χ1) is 9.78. The molecule has 0 saturated carbocycles. The molecule has 0 fully saturated rings. The summed E-state index contributed by atoms with van der Waals surface area (Å²) in [5.74, 6) is 7.26. The van der Waals surface area contributed by atoms with E-state index in [1.807, 2.05) is 12.1 Å². The normalized spacial score (nSPS) is 19.2. The average molecular weight is 353 g/mol. The third-order valence-corrected chi connectivity index (χ3v) is 5.32. The zero-order chi connectivity index (χ0) is 13.9. The second-order valence-electron chi connectivity index (χ2n) is 5.01. The van der Waals surface area contributed by atoms with Gasteiger partial charge in [0.2, 0.25) is 0 Å². The third-order valence-electron chi connectivity index (χ3n) is 3.79. The zero-order valence-electron chi connectivity index (χ0n) is 11.0. The maximum absolute atomic E-state index is 5.76. The van der Waals surface area contributed by atoms with Gasteiger partial charge >= 0.3 is 0 Å². The standard InChI is InChI=1S/C15H17BrN2OS/c16-15-8-11(9-20-15)13(18-17)7-10-5-6-19-14-4-2-1-3-12(10)14/h1-4,8-10,13,18H,5-7,17H2. The van der Waals surface area contributed by atoms with Gasteiger partial charge in [-0.15, -0.1) is 11.3 Å². The minimum atomic E-state index is 0.175. The highest BCUT2D eigenvalue weighted by Crippen LogP contribution is 2.39. The first-order valence-corrected chi connectivity index (χ1v) is 8.37. The number of fused-ring (bicyclic) bond motifs is 1. The van der Waals surface area contributed by atoms with E-state index in [9.17, 15) is 0 Å². The summed E-state index contributed by atoms with van der Waals surface area (Å²) in [6.45, 7) is 0.784. The number of hydrogen-bond acceptors (Lipinski definition) is 4. The Hall–Kier alpha value is -0.880. The topological polar surface area (TPSA) is 47.3 Å². The Morgan fingerprint density at radius 1 is 1.45 bits per heavy atom. The van der Waals surface area contributed by atoms with Crippen molar-refractivity contribution < 1.29 is 4.74 Å². The van der Waals surface area contributed by atoms with E-state index in [-0.39, 0.29) is 6.04 Å². The van der Waals surface area contributed by atoms with Crippen LogP contribution in [-0.2, 0) is 0 Å². The molecule has 1 aromatic carbocycles. The summed E-state index contributed by atoms with van der Waals surface area (Å²) in [5.41, 5.74) is 5.50. The van der Waals surface area contributed by atoms with Gasteiger partial charge in [0.25, 0.3) is 0 Å². The lowest BCUT2D eigenvalue weighted by Crippen LogP contribution is -2.30. The van der Waals surface area contributed by atoms with Crippen molar-refractivity contribution >= 4 is 27.3 Å². The summed E-state index contributed by atoms with van der Waals surface area (Å²) < 4.78 is 6.86. The van der Waals surface area contributed by atoms with Crippen LogP contribution in [0.5, 0.6) is 5.75 Å². The average Bonchev–Trinajstić information content (AvgIpc) is 2.91. The summed E-state index contributed by atoms with van der Waals surface area (Å²) >= 11 is 5.20. The lowest BCUT2D eigenvalue weighted by molar-refractivity contribution is 0.255. The number of ether oxygens (including phenoxy) is 1. The summed E-state index contributed by atoms with van der Waals surface area (Å²) in [7, 11) is 0. The molecule has 2 atom stereocenters. The Morgan fingerprint density at radius 3 is 3.05 bits per heavy atom. The molecule has 20 heavy (non-hydrogen) atoms. The van der Waals surface area contributed by atoms with Gasteiger partial charge in [0, 0.05) is 6.04 Å². The van der Waals surface area contributed by atoms with Crippen LogP contribution >= 0.6 is 27.3 Å². The molecule has 1 aromatic heterocycles. The van der Waals surface area contributed by atoms with E-state index < -0.39 is 0 Å². The molecule has 3 rings (SSSR count). The number of halogens is 1. The molecule has 3 nitrogen and oxygen atoms in total. The molecule has 0 radical (unpaired) electrons. The Balaban J connectivity index is 1.80. The molecular weight excluding hydrogens is 336 g/mol. The molecule has 0 aliphatic carbocycles. The number of para-hydroxylation sites is 1. The van der Waals surface area contributed by atoms with Crippen molar-refractivity contribution in [1.29, 1.82) is 0 Å². The van der Waals surface area contributed by atoms with E-state index in [0.29, 0.717) is 5.92 Å². The van der Waals surface area contributed by atoms with Gasteiger partial charge in [-0.25, -0.2) is 0 Å². The first-order valence-electron chi connectivity index (χ1n) is 6.69. The van der Waals surface area contributed by atoms with Crippen LogP contribution in [0.2, 0.25) is 0 Å². The van der Waals surface area contributed by atoms with E-state index in [4.69, 9.17) is 10.6 Å². The van der Waals surface area contributed by atoms with E-state index in [2.05, 4.69) is 44.9 Å². The van der Waals surface area contributed by atoms with Gasteiger partial charge in [0.15, 0.2) is 0 Å². The molecule has 1 aliphatic rings. The molecule has 5 heteroatoms. The predicted molar refractivity (Wildman–Crippen MR) is 86.0 cm³/mol. The number of hydrogen-bond donors (Lipinski definition) is 2. The monoisotopic (exact) mass is 352 g/mol. The van der Waals surface area contributed by atoms with E-state index in [1.165, 1.54) is 11.1 Å². The molecular formula is C15H17BrN2OS.